The van der Waals surface area contributed by atoms with Crippen molar-refractivity contribution in [3.8, 4) is 0 Å². The van der Waals surface area contributed by atoms with E-state index in [2.05, 4.69) is 42.3 Å². The predicted octanol–water partition coefficient (Wildman–Crippen LogP) is 2.43. The maximum atomic E-state index is 11.8. The molecule has 0 bridgehead atoms. The molecule has 1 saturated carbocycles. The number of H-pyrrole nitrogens is 1. The van der Waals surface area contributed by atoms with Gasteiger partial charge >= 0.3 is 0 Å². The van der Waals surface area contributed by atoms with E-state index in [0.717, 1.165) is 35.9 Å². The molecule has 1 fully saturated rings. The summed E-state index contributed by atoms with van der Waals surface area (Å²) in [6.07, 6.45) is 2.09. The van der Waals surface area contributed by atoms with Crippen molar-refractivity contribution in [2.45, 2.75) is 45.8 Å². The molecule has 1 aliphatic rings. The summed E-state index contributed by atoms with van der Waals surface area (Å²) in [5.74, 6) is -0.0935. The monoisotopic (exact) mass is 286 g/mol. The molecule has 0 spiro atoms. The van der Waals surface area contributed by atoms with Crippen LogP contribution in [0, 0.1) is 12.8 Å². The smallest absolute Gasteiger partial charge is 0.249 e. The molecule has 0 aliphatic heterocycles. The number of benzene rings is 1. The third kappa shape index (κ3) is 2.95. The molecule has 1 amide bonds. The van der Waals surface area contributed by atoms with Gasteiger partial charge in [0.15, 0.2) is 0 Å². The maximum absolute atomic E-state index is 11.8. The van der Waals surface area contributed by atoms with Gasteiger partial charge in [-0.2, -0.15) is 0 Å². The Kier molecular flexibility index (Phi) is 3.72. The summed E-state index contributed by atoms with van der Waals surface area (Å²) < 4.78 is 0. The minimum atomic E-state index is -0.844. The van der Waals surface area contributed by atoms with Gasteiger partial charge < -0.3 is 15.4 Å². The van der Waals surface area contributed by atoms with Crippen LogP contribution in [0.1, 0.15) is 36.6 Å². The van der Waals surface area contributed by atoms with Crippen LogP contribution in [0.4, 0.5) is 0 Å². The Bertz CT molecular complexity index is 671. The van der Waals surface area contributed by atoms with Gasteiger partial charge in [0.1, 0.15) is 6.10 Å². The fraction of sp³-hybridized carbons (Fsp3) is 0.471. The second-order valence-corrected chi connectivity index (χ2v) is 6.01. The maximum Gasteiger partial charge on any atom is 0.249 e. The second kappa shape index (κ2) is 5.53. The summed E-state index contributed by atoms with van der Waals surface area (Å²) in [6.45, 7) is 4.70. The highest BCUT2D eigenvalue weighted by Gasteiger charge is 2.34. The van der Waals surface area contributed by atoms with Gasteiger partial charge in [0.2, 0.25) is 5.91 Å². The van der Waals surface area contributed by atoms with Gasteiger partial charge in [0.25, 0.3) is 0 Å². The van der Waals surface area contributed by atoms with Gasteiger partial charge in [-0.25, -0.2) is 0 Å². The topological polar surface area (TPSA) is 65.1 Å². The van der Waals surface area contributed by atoms with Crippen LogP contribution in [0.2, 0.25) is 0 Å². The van der Waals surface area contributed by atoms with Crippen molar-refractivity contribution in [3.63, 3.8) is 0 Å². The number of hydrogen-bond acceptors (Lipinski definition) is 2. The summed E-state index contributed by atoms with van der Waals surface area (Å²) in [7, 11) is 0. The van der Waals surface area contributed by atoms with Crippen LogP contribution in [0.15, 0.2) is 18.2 Å². The van der Waals surface area contributed by atoms with E-state index in [1.807, 2.05) is 0 Å². The van der Waals surface area contributed by atoms with E-state index in [9.17, 15) is 9.90 Å². The average molecular weight is 286 g/mol. The molecule has 1 aliphatic carbocycles. The molecule has 1 aromatic carbocycles. The first-order chi connectivity index (χ1) is 10.1. The number of aromatic amines is 1. The van der Waals surface area contributed by atoms with Gasteiger partial charge in [-0.1, -0.05) is 6.92 Å². The van der Waals surface area contributed by atoms with E-state index in [1.54, 1.807) is 0 Å². The van der Waals surface area contributed by atoms with Crippen LogP contribution in [-0.4, -0.2) is 22.1 Å². The summed E-state index contributed by atoms with van der Waals surface area (Å²) in [5, 5.41) is 13.7. The zero-order chi connectivity index (χ0) is 15.0. The van der Waals surface area contributed by atoms with E-state index in [-0.39, 0.29) is 11.8 Å². The van der Waals surface area contributed by atoms with Crippen LogP contribution in [0.25, 0.3) is 10.9 Å². The van der Waals surface area contributed by atoms with Crippen LogP contribution in [0.3, 0.4) is 0 Å². The molecular formula is C17H22N2O2. The third-order valence-corrected chi connectivity index (χ3v) is 4.30. The average Bonchev–Trinajstić information content (AvgIpc) is 3.24. The largest absolute Gasteiger partial charge is 0.383 e. The first-order valence-electron chi connectivity index (χ1n) is 7.65. The zero-order valence-corrected chi connectivity index (χ0v) is 12.6. The number of aliphatic hydroxyl groups excluding tert-OH is 1. The molecule has 112 valence electrons. The molecule has 21 heavy (non-hydrogen) atoms. The second-order valence-electron chi connectivity index (χ2n) is 6.01. The number of amides is 1. The summed E-state index contributed by atoms with van der Waals surface area (Å²) in [4.78, 5) is 15.1. The Balaban J connectivity index is 1.71. The van der Waals surface area contributed by atoms with E-state index in [1.165, 1.54) is 11.1 Å². The van der Waals surface area contributed by atoms with E-state index >= 15 is 0 Å². The van der Waals surface area contributed by atoms with Gasteiger partial charge in [0, 0.05) is 11.2 Å². The van der Waals surface area contributed by atoms with Gasteiger partial charge in [-0.05, 0) is 66.8 Å². The molecule has 0 radical (unpaired) electrons. The number of aliphatic hydroxyl groups is 1. The number of fused-ring (bicyclic) bond motifs is 1. The number of carbonyl (C=O) groups excluding carboxylic acids is 1. The van der Waals surface area contributed by atoms with Crippen LogP contribution < -0.4 is 5.32 Å². The number of carbonyl (C=O) groups is 1. The van der Waals surface area contributed by atoms with Crippen molar-refractivity contribution in [1.29, 1.82) is 0 Å². The standard InChI is InChI=1S/C17H22N2O2/c1-3-11-8-15-13(6-10(11)2)7-14(19-15)9-18-17(21)16(20)12-4-5-12/h6-8,12,16,19-20H,3-5,9H2,1-2H3,(H,18,21). The minimum Gasteiger partial charge on any atom is -0.383 e. The Hall–Kier alpha value is -1.81. The van der Waals surface area contributed by atoms with Crippen molar-refractivity contribution in [2.24, 2.45) is 5.92 Å². The Morgan fingerprint density at radius 2 is 2.19 bits per heavy atom. The normalized spacial score (nSPS) is 16.1. The van der Waals surface area contributed by atoms with Crippen molar-refractivity contribution in [2.75, 3.05) is 0 Å². The van der Waals surface area contributed by atoms with Crippen molar-refractivity contribution in [1.82, 2.24) is 10.3 Å². The van der Waals surface area contributed by atoms with Crippen molar-refractivity contribution in [3.05, 3.63) is 35.0 Å². The number of rotatable bonds is 5. The summed E-state index contributed by atoms with van der Waals surface area (Å²) in [6, 6.07) is 6.41. The Morgan fingerprint density at radius 1 is 1.43 bits per heavy atom. The minimum absolute atomic E-state index is 0.169. The lowest BCUT2D eigenvalue weighted by atomic mass is 10.0. The molecular weight excluding hydrogens is 264 g/mol. The summed E-state index contributed by atoms with van der Waals surface area (Å²) in [5.41, 5.74) is 4.70. The van der Waals surface area contributed by atoms with Crippen molar-refractivity contribution < 1.29 is 9.90 Å². The SMILES string of the molecule is CCc1cc2[nH]c(CNC(=O)C(O)C3CC3)cc2cc1C. The van der Waals surface area contributed by atoms with Crippen LogP contribution in [0.5, 0.6) is 0 Å². The first kappa shape index (κ1) is 14.1. The van der Waals surface area contributed by atoms with E-state index < -0.39 is 6.10 Å². The molecule has 4 heteroatoms. The lowest BCUT2D eigenvalue weighted by Crippen LogP contribution is -2.35. The molecule has 3 N–H and O–H groups in total. The molecule has 4 nitrogen and oxygen atoms in total. The fourth-order valence-electron chi connectivity index (χ4n) is 2.79. The van der Waals surface area contributed by atoms with Gasteiger partial charge in [-0.3, -0.25) is 4.79 Å². The highest BCUT2D eigenvalue weighted by atomic mass is 16.3. The number of nitrogens with one attached hydrogen (secondary N) is 2. The first-order valence-corrected chi connectivity index (χ1v) is 7.65. The molecule has 1 aromatic heterocycles. The Morgan fingerprint density at radius 3 is 2.86 bits per heavy atom. The fourth-order valence-corrected chi connectivity index (χ4v) is 2.79. The third-order valence-electron chi connectivity index (χ3n) is 4.30. The van der Waals surface area contributed by atoms with E-state index in [4.69, 9.17) is 0 Å². The van der Waals surface area contributed by atoms with Crippen molar-refractivity contribution >= 4 is 16.8 Å². The highest BCUT2D eigenvalue weighted by Crippen LogP contribution is 2.32. The van der Waals surface area contributed by atoms with Crippen LogP contribution in [-0.2, 0) is 17.8 Å². The van der Waals surface area contributed by atoms with E-state index in [0.29, 0.717) is 6.54 Å². The molecule has 3 rings (SSSR count). The number of aromatic nitrogens is 1. The summed E-state index contributed by atoms with van der Waals surface area (Å²) >= 11 is 0. The van der Waals surface area contributed by atoms with Gasteiger partial charge in [-0.15, -0.1) is 0 Å². The molecule has 1 heterocycles. The molecule has 1 atom stereocenters. The van der Waals surface area contributed by atoms with Gasteiger partial charge in [0.05, 0.1) is 6.54 Å². The molecule has 2 aromatic rings. The number of hydrogen-bond donors (Lipinski definition) is 3. The molecule has 0 saturated heterocycles. The lowest BCUT2D eigenvalue weighted by Gasteiger charge is -2.09. The van der Waals surface area contributed by atoms with Crippen LogP contribution >= 0.6 is 0 Å². The lowest BCUT2D eigenvalue weighted by molar-refractivity contribution is -0.130. The number of aryl methyl sites for hydroxylation is 2. The Labute approximate surface area is 124 Å². The predicted molar refractivity (Wildman–Crippen MR) is 83.0 cm³/mol. The zero-order valence-electron chi connectivity index (χ0n) is 12.6. The molecule has 1 unspecified atom stereocenters. The highest BCUT2D eigenvalue weighted by molar-refractivity contribution is 5.83. The quantitative estimate of drug-likeness (QED) is 0.790.